The van der Waals surface area contributed by atoms with E-state index in [9.17, 15) is 27.5 Å². The zero-order chi connectivity index (χ0) is 34.8. The molecular formula is C36H52BCoF4N2O2. The van der Waals surface area contributed by atoms with Crippen LogP contribution in [0.5, 0.6) is 11.5 Å². The molecule has 10 heteroatoms. The summed E-state index contributed by atoms with van der Waals surface area (Å²) in [5.41, 5.74) is 4.62. The SMILES string of the molecule is CC(C)(C)c1cc(C=NC2CCCCC2N=Cc2cc(C(C)(C)C)cc(C(C)(C)C)c2[O-])c([O-])c(C(C)(C)C)c1.F[B-](F)(F)F.[Co+3]. The Balaban J connectivity index is 0.00000163. The molecule has 1 aliphatic carbocycles. The van der Waals surface area contributed by atoms with Crippen molar-refractivity contribution < 1.29 is 44.3 Å². The van der Waals surface area contributed by atoms with Gasteiger partial charge in [0.15, 0.2) is 0 Å². The maximum absolute atomic E-state index is 13.5. The van der Waals surface area contributed by atoms with Crippen LogP contribution in [0.25, 0.3) is 0 Å². The molecule has 0 radical (unpaired) electrons. The normalized spacial score (nSPS) is 18.3. The maximum atomic E-state index is 13.5. The molecule has 2 aromatic carbocycles. The van der Waals surface area contributed by atoms with Crippen molar-refractivity contribution in [1.82, 2.24) is 0 Å². The molecule has 1 saturated carbocycles. The van der Waals surface area contributed by atoms with Gasteiger partial charge in [-0.25, -0.2) is 0 Å². The van der Waals surface area contributed by atoms with E-state index in [1.165, 1.54) is 0 Å². The summed E-state index contributed by atoms with van der Waals surface area (Å²) in [7, 11) is -6.00. The van der Waals surface area contributed by atoms with Gasteiger partial charge in [0.05, 0.1) is 12.1 Å². The molecule has 0 amide bonds. The number of nitrogens with zero attached hydrogens (tertiary/aromatic N) is 2. The molecular weight excluding hydrogens is 638 g/mol. The largest absolute Gasteiger partial charge is 3.00 e. The Kier molecular flexibility index (Phi) is 13.8. The zero-order valence-corrected chi connectivity index (χ0v) is 30.6. The van der Waals surface area contributed by atoms with Gasteiger partial charge in [-0.1, -0.05) is 132 Å². The van der Waals surface area contributed by atoms with Crippen molar-refractivity contribution in [3.05, 3.63) is 57.6 Å². The van der Waals surface area contributed by atoms with Crippen LogP contribution in [0.15, 0.2) is 34.3 Å². The van der Waals surface area contributed by atoms with Crippen molar-refractivity contribution in [3.8, 4) is 11.5 Å². The topological polar surface area (TPSA) is 70.8 Å². The van der Waals surface area contributed by atoms with Gasteiger partial charge in [0.2, 0.25) is 0 Å². The van der Waals surface area contributed by atoms with E-state index in [2.05, 4.69) is 95.2 Å². The van der Waals surface area contributed by atoms with Crippen molar-refractivity contribution in [2.24, 2.45) is 9.98 Å². The second-order valence-electron chi connectivity index (χ2n) is 16.4. The summed E-state index contributed by atoms with van der Waals surface area (Å²) in [6.45, 7) is 25.6. The van der Waals surface area contributed by atoms with Gasteiger partial charge in [0.25, 0.3) is 0 Å². The van der Waals surface area contributed by atoms with E-state index in [-0.39, 0.29) is 62.0 Å². The van der Waals surface area contributed by atoms with Crippen LogP contribution in [-0.2, 0) is 38.4 Å². The molecule has 0 heterocycles. The Morgan fingerprint density at radius 1 is 0.587 bits per heavy atom. The summed E-state index contributed by atoms with van der Waals surface area (Å²) in [6.07, 6.45) is 7.63. The molecule has 0 aliphatic heterocycles. The van der Waals surface area contributed by atoms with Crippen molar-refractivity contribution in [2.45, 2.75) is 143 Å². The van der Waals surface area contributed by atoms with E-state index < -0.39 is 7.25 Å². The van der Waals surface area contributed by atoms with Crippen LogP contribution in [0.2, 0.25) is 0 Å². The van der Waals surface area contributed by atoms with Crippen LogP contribution < -0.4 is 10.2 Å². The van der Waals surface area contributed by atoms with Gasteiger partial charge in [0.1, 0.15) is 0 Å². The van der Waals surface area contributed by atoms with Crippen LogP contribution in [0.3, 0.4) is 0 Å². The predicted molar refractivity (Wildman–Crippen MR) is 178 cm³/mol. The number of benzene rings is 2. The molecule has 1 aliphatic rings. The fraction of sp³-hybridized carbons (Fsp3) is 0.611. The molecule has 0 saturated heterocycles. The van der Waals surface area contributed by atoms with Gasteiger partial charge < -0.3 is 27.5 Å². The van der Waals surface area contributed by atoms with E-state index >= 15 is 0 Å². The van der Waals surface area contributed by atoms with Crippen molar-refractivity contribution in [3.63, 3.8) is 0 Å². The summed E-state index contributed by atoms with van der Waals surface area (Å²) in [5.74, 6) is 0.120. The first-order valence-electron chi connectivity index (χ1n) is 15.9. The van der Waals surface area contributed by atoms with Crippen LogP contribution in [0.4, 0.5) is 17.3 Å². The van der Waals surface area contributed by atoms with Gasteiger partial charge in [-0.05, 0) is 67.9 Å². The number of hydrogen-bond donors (Lipinski definition) is 0. The van der Waals surface area contributed by atoms with Crippen molar-refractivity contribution >= 4 is 19.7 Å². The number of halogens is 4. The number of hydrogen-bond acceptors (Lipinski definition) is 4. The molecule has 2 aromatic rings. The van der Waals surface area contributed by atoms with Crippen molar-refractivity contribution in [1.29, 1.82) is 0 Å². The van der Waals surface area contributed by atoms with Crippen LogP contribution in [0, 0.1) is 0 Å². The third kappa shape index (κ3) is 12.4. The number of aliphatic imine (C=N–C) groups is 2. The average molecular weight is 691 g/mol. The minimum Gasteiger partial charge on any atom is -0.872 e. The monoisotopic (exact) mass is 690 g/mol. The zero-order valence-electron chi connectivity index (χ0n) is 29.6. The van der Waals surface area contributed by atoms with Crippen LogP contribution >= 0.6 is 0 Å². The van der Waals surface area contributed by atoms with E-state index in [1.54, 1.807) is 12.4 Å². The second-order valence-corrected chi connectivity index (χ2v) is 16.4. The van der Waals surface area contributed by atoms with Gasteiger partial charge in [-0.3, -0.25) is 9.98 Å². The quantitative estimate of drug-likeness (QED) is 0.182. The molecule has 3 rings (SSSR count). The van der Waals surface area contributed by atoms with E-state index in [4.69, 9.17) is 9.98 Å². The molecule has 0 N–H and O–H groups in total. The molecule has 0 aromatic heterocycles. The van der Waals surface area contributed by atoms with Gasteiger partial charge in [0, 0.05) is 12.4 Å². The van der Waals surface area contributed by atoms with Gasteiger partial charge >= 0.3 is 24.0 Å². The first kappa shape index (κ1) is 41.7. The Morgan fingerprint density at radius 3 is 1.11 bits per heavy atom. The Labute approximate surface area is 284 Å². The third-order valence-electron chi connectivity index (χ3n) is 8.09. The van der Waals surface area contributed by atoms with Gasteiger partial charge in [-0.15, -0.1) is 0 Å². The van der Waals surface area contributed by atoms with Crippen LogP contribution in [0.1, 0.15) is 142 Å². The minimum atomic E-state index is -6.00. The van der Waals surface area contributed by atoms with Crippen LogP contribution in [-0.4, -0.2) is 31.8 Å². The average Bonchev–Trinajstić information content (AvgIpc) is 2.84. The fourth-order valence-electron chi connectivity index (χ4n) is 5.27. The molecule has 46 heavy (non-hydrogen) atoms. The summed E-state index contributed by atoms with van der Waals surface area (Å²) in [6, 6.07) is 8.15. The van der Waals surface area contributed by atoms with E-state index in [1.807, 2.05) is 12.1 Å². The van der Waals surface area contributed by atoms with Crippen molar-refractivity contribution in [2.75, 3.05) is 0 Å². The first-order valence-corrected chi connectivity index (χ1v) is 15.9. The Hall–Kier alpha value is -2.33. The summed E-state index contributed by atoms with van der Waals surface area (Å²) in [5, 5.41) is 26.9. The Bertz CT molecular complexity index is 1270. The number of rotatable bonds is 4. The second kappa shape index (κ2) is 15.3. The molecule has 2 unspecified atom stereocenters. The third-order valence-corrected chi connectivity index (χ3v) is 8.09. The molecule has 1 fully saturated rings. The smallest absolute Gasteiger partial charge is 0.872 e. The molecule has 0 bridgehead atoms. The fourth-order valence-corrected chi connectivity index (χ4v) is 5.27. The first-order chi connectivity index (χ1) is 20.2. The van der Waals surface area contributed by atoms with E-state index in [0.29, 0.717) is 11.1 Å². The maximum Gasteiger partial charge on any atom is 3.00 e. The summed E-state index contributed by atoms with van der Waals surface area (Å²) >= 11 is 0. The molecule has 4 nitrogen and oxygen atoms in total. The predicted octanol–water partition coefficient (Wildman–Crippen LogP) is 9.17. The Morgan fingerprint density at radius 2 is 0.870 bits per heavy atom. The van der Waals surface area contributed by atoms with E-state index in [0.717, 1.165) is 47.9 Å². The van der Waals surface area contributed by atoms with Gasteiger partial charge in [-0.2, -0.15) is 0 Å². The molecule has 2 atom stereocenters. The molecule has 0 spiro atoms. The summed E-state index contributed by atoms with van der Waals surface area (Å²) < 4.78 is 39.0. The molecule has 258 valence electrons. The minimum absolute atomic E-state index is 0. The standard InChI is InChI=1S/C36H54N2O2.BF4.Co/c1-33(2,3)25-17-23(31(39)27(19-25)35(7,8)9)21-37-29-15-13-14-16-30(29)38-22-24-18-26(34(4,5)6)20-28(32(24)40)36(10,11)12;2-1(3,4)5;/h17-22,29-30,39-40H,13-16H2,1-12H3;;/q;-1;+3/p-2. The summed E-state index contributed by atoms with van der Waals surface area (Å²) in [4.78, 5) is 9.95.